The third kappa shape index (κ3) is 34.6. The van der Waals surface area contributed by atoms with E-state index in [1.165, 1.54) is 128 Å². The van der Waals surface area contributed by atoms with Crippen LogP contribution in [0.15, 0.2) is 0 Å². The number of hydrogen-bond acceptors (Lipinski definition) is 20. The minimum absolute atomic E-state index is 0.143. The largest absolute Gasteiger partial charge is 0.341 e. The van der Waals surface area contributed by atoms with Gasteiger partial charge in [-0.25, -0.2) is 0 Å². The van der Waals surface area contributed by atoms with Crippen LogP contribution in [-0.4, -0.2) is 197 Å². The summed E-state index contributed by atoms with van der Waals surface area (Å²) in [7, 11) is 0. The molecular weight excluding hydrogens is 1540 g/mol. The molecule has 0 aromatic carbocycles. The van der Waals surface area contributed by atoms with E-state index in [1.807, 2.05) is 0 Å². The highest BCUT2D eigenvalue weighted by Gasteiger charge is 2.54. The van der Waals surface area contributed by atoms with Crippen LogP contribution < -0.4 is 29.4 Å². The van der Waals surface area contributed by atoms with Gasteiger partial charge in [0.25, 0.3) is 0 Å². The molecule has 20 heteroatoms. The first-order valence-electron chi connectivity index (χ1n) is 52.9. The van der Waals surface area contributed by atoms with Gasteiger partial charge in [-0.2, -0.15) is 50.2 Å². The summed E-state index contributed by atoms with van der Waals surface area (Å²) in [4.78, 5) is 79.2. The van der Waals surface area contributed by atoms with Crippen LogP contribution in [0.4, 0.5) is 35.7 Å². The highest BCUT2D eigenvalue weighted by Crippen LogP contribution is 2.48. The van der Waals surface area contributed by atoms with Crippen molar-refractivity contribution in [3.8, 4) is 0 Å². The maximum absolute atomic E-state index is 7.07. The molecule has 2 aromatic heterocycles. The molecule has 0 N–H and O–H groups in total. The first kappa shape index (κ1) is 109. The van der Waals surface area contributed by atoms with Gasteiger partial charge in [0.1, 0.15) is 0 Å². The molecule has 4 fully saturated rings. The summed E-state index contributed by atoms with van der Waals surface area (Å²) in [5.41, 5.74) is -1.98. The lowest BCUT2D eigenvalue weighted by atomic mass is 9.78. The van der Waals surface area contributed by atoms with Crippen LogP contribution in [0.3, 0.4) is 0 Å². The summed E-state index contributed by atoms with van der Waals surface area (Å²) in [5.74, 6) is 5.03. The van der Waals surface area contributed by atoms with Gasteiger partial charge in [-0.3, -0.25) is 19.4 Å². The maximum Gasteiger partial charge on any atom is 0.232 e. The zero-order chi connectivity index (χ0) is 91.0. The number of unbranched alkanes of at least 4 members (excludes halogenated alkanes) is 29. The lowest BCUT2D eigenvalue weighted by molar-refractivity contribution is -0.283. The Morgan fingerprint density at radius 3 is 0.548 bits per heavy atom. The Morgan fingerprint density at radius 2 is 0.355 bits per heavy atom. The number of hydroxylamine groups is 8. The van der Waals surface area contributed by atoms with Gasteiger partial charge < -0.3 is 29.4 Å². The molecule has 0 saturated carbocycles. The van der Waals surface area contributed by atoms with E-state index >= 15 is 0 Å². The van der Waals surface area contributed by atoms with Crippen molar-refractivity contribution in [1.82, 2.24) is 50.2 Å². The second-order valence-electron chi connectivity index (χ2n) is 44.1. The van der Waals surface area contributed by atoms with Crippen molar-refractivity contribution in [2.75, 3.05) is 108 Å². The third-order valence-corrected chi connectivity index (χ3v) is 27.9. The van der Waals surface area contributed by atoms with Crippen molar-refractivity contribution in [3.63, 3.8) is 0 Å². The number of hydrogen-bond donors (Lipinski definition) is 0. The van der Waals surface area contributed by atoms with E-state index in [0.717, 1.165) is 294 Å². The molecule has 2 aromatic rings. The summed E-state index contributed by atoms with van der Waals surface area (Å²) in [6.07, 6.45) is 54.5. The zero-order valence-corrected chi connectivity index (χ0v) is 86.5. The predicted molar refractivity (Wildman–Crippen MR) is 531 cm³/mol. The second-order valence-corrected chi connectivity index (χ2v) is 44.1. The molecule has 0 aliphatic carbocycles. The molecule has 0 spiro atoms. The van der Waals surface area contributed by atoms with E-state index in [0.29, 0.717) is 0 Å². The van der Waals surface area contributed by atoms with Gasteiger partial charge in [-0.05, 0) is 239 Å². The normalized spacial score (nSPS) is 19.4. The van der Waals surface area contributed by atoms with Crippen molar-refractivity contribution in [2.24, 2.45) is 0 Å². The first-order chi connectivity index (χ1) is 59.1. The smallest absolute Gasteiger partial charge is 0.232 e. The van der Waals surface area contributed by atoms with Crippen molar-refractivity contribution >= 4 is 35.7 Å². The molecule has 0 amide bonds. The fourth-order valence-corrected chi connectivity index (χ4v) is 22.1. The average molecular weight is 1740 g/mol. The molecule has 124 heavy (non-hydrogen) atoms. The molecule has 0 atom stereocenters. The molecule has 4 saturated heterocycles. The lowest BCUT2D eigenvalue weighted by Gasteiger charge is -2.56. The standard InChI is InChI=1S/C104H202N16O4/c1-27-37-47-51-57-63-75-121-117-97(11,12)79-87(80-98(117,13)14)113(71-45-35-9)93-105-91(111(67-41-31-5)68-42-32-6)107-95(109-93)115(89-83-101(19,20)119(102(21,22)84-89)123-77-65-59-53-49-39-29-3)73-61-55-56-62-74-116(90-85-103(23,24)120(104(25,26)86-90)124-78-66-60-54-50-40-30-4)96-108-92(112(69-43-33-7)70-44-34-8)106-94(110-96)114(72-46-36-10)88-81-99(15,16)118(100(17,18)82-88)122-76-64-58-52-48-38-28-2/h87-90H,27-86H2,1-26H3. The van der Waals surface area contributed by atoms with Crippen LogP contribution in [0.5, 0.6) is 0 Å². The predicted octanol–water partition coefficient (Wildman–Crippen LogP) is 27.2. The molecule has 722 valence electrons. The molecule has 0 unspecified atom stereocenters. The van der Waals surface area contributed by atoms with Gasteiger partial charge in [0.05, 0.1) is 26.4 Å². The number of aromatic nitrogens is 6. The second kappa shape index (κ2) is 55.1. The van der Waals surface area contributed by atoms with E-state index in [9.17, 15) is 0 Å². The molecule has 6 rings (SSSR count). The lowest BCUT2D eigenvalue weighted by Crippen LogP contribution is -2.64. The number of nitrogens with zero attached hydrogens (tertiary/aromatic N) is 16. The SMILES string of the molecule is CCCCCCCCON1C(C)(C)CC(N(CCCC)c2nc(N(CCCC)CCCC)nc(N(CCCCCCN(c3nc(N(CCCC)CCCC)nc(N(CCCC)C4CC(C)(C)N(OCCCCCCCC)C(C)(C)C4)n3)C3CC(C)(C)N(OCCCCCCCC)C(C)(C)C3)C3CC(C)(C)N(OCCCCCCCC)C(C)(C)C3)n2)CC1(C)C. The van der Waals surface area contributed by atoms with Gasteiger partial charge in [0.15, 0.2) is 0 Å². The van der Waals surface area contributed by atoms with E-state index in [1.54, 1.807) is 0 Å². The zero-order valence-electron chi connectivity index (χ0n) is 86.5. The Balaban J connectivity index is 1.48. The van der Waals surface area contributed by atoms with Crippen molar-refractivity contribution in [1.29, 1.82) is 0 Å². The molecular formula is C104H202N16O4. The average Bonchev–Trinajstić information content (AvgIpc) is 0.756. The molecule has 4 aliphatic heterocycles. The topological polar surface area (TPSA) is 147 Å². The number of anilines is 6. The molecule has 0 bridgehead atoms. The van der Waals surface area contributed by atoms with Crippen LogP contribution in [0, 0.1) is 0 Å². The quantitative estimate of drug-likeness (QED) is 0.0578. The Hall–Kier alpha value is -3.50. The van der Waals surface area contributed by atoms with Gasteiger partial charge in [0.2, 0.25) is 35.7 Å². The Kier molecular flexibility index (Phi) is 48.6. The van der Waals surface area contributed by atoms with Gasteiger partial charge >= 0.3 is 0 Å². The van der Waals surface area contributed by atoms with Crippen molar-refractivity contribution in [3.05, 3.63) is 0 Å². The first-order valence-corrected chi connectivity index (χ1v) is 52.9. The minimum atomic E-state index is -0.269. The number of piperidine rings is 4. The summed E-state index contributed by atoms with van der Waals surface area (Å²) >= 11 is 0. The van der Waals surface area contributed by atoms with Crippen LogP contribution in [0.1, 0.15) is 488 Å². The highest BCUT2D eigenvalue weighted by molar-refractivity contribution is 5.50. The van der Waals surface area contributed by atoms with E-state index < -0.39 is 0 Å². The van der Waals surface area contributed by atoms with Gasteiger partial charge in [0, 0.05) is 121 Å². The summed E-state index contributed by atoms with van der Waals surface area (Å²) in [6.45, 7) is 72.3. The van der Waals surface area contributed by atoms with Crippen LogP contribution in [-0.2, 0) is 19.4 Å². The fraction of sp³-hybridized carbons (Fsp3) is 0.942. The molecule has 6 heterocycles. The number of rotatable bonds is 67. The van der Waals surface area contributed by atoms with Crippen molar-refractivity contribution < 1.29 is 19.4 Å². The van der Waals surface area contributed by atoms with Crippen LogP contribution >= 0.6 is 0 Å². The summed E-state index contributed by atoms with van der Waals surface area (Å²) < 4.78 is 0. The highest BCUT2D eigenvalue weighted by atomic mass is 16.7. The fourth-order valence-electron chi connectivity index (χ4n) is 22.1. The van der Waals surface area contributed by atoms with Crippen LogP contribution in [0.25, 0.3) is 0 Å². The van der Waals surface area contributed by atoms with Gasteiger partial charge in [-0.1, -0.05) is 249 Å². The Labute approximate surface area is 765 Å². The summed E-state index contributed by atoms with van der Waals surface area (Å²) in [6, 6.07) is 0.673. The van der Waals surface area contributed by atoms with Crippen LogP contribution in [0.2, 0.25) is 0 Å². The maximum atomic E-state index is 7.07. The van der Waals surface area contributed by atoms with E-state index in [4.69, 9.17) is 49.3 Å². The third-order valence-electron chi connectivity index (χ3n) is 27.9. The summed E-state index contributed by atoms with van der Waals surface area (Å²) in [5, 5.41) is 9.62. The van der Waals surface area contributed by atoms with E-state index in [2.05, 4.69) is 230 Å². The van der Waals surface area contributed by atoms with E-state index in [-0.39, 0.29) is 68.5 Å². The molecule has 4 aliphatic rings. The minimum Gasteiger partial charge on any atom is -0.341 e. The monoisotopic (exact) mass is 1740 g/mol. The Morgan fingerprint density at radius 1 is 0.202 bits per heavy atom. The molecule has 20 nitrogen and oxygen atoms in total. The van der Waals surface area contributed by atoms with Gasteiger partial charge in [-0.15, -0.1) is 0 Å². The van der Waals surface area contributed by atoms with Crippen molar-refractivity contribution in [2.45, 2.75) is 557 Å². The molecule has 0 radical (unpaired) electrons. The Bertz CT molecular complexity index is 2860.